The van der Waals surface area contributed by atoms with E-state index in [1.54, 1.807) is 20.8 Å². The minimum Gasteiger partial charge on any atom is -0.508 e. The van der Waals surface area contributed by atoms with Gasteiger partial charge < -0.3 is 140 Å². The molecule has 46 nitrogen and oxygen atoms in total. The van der Waals surface area contributed by atoms with Crippen LogP contribution in [0.5, 0.6) is 5.75 Å². The minimum absolute atomic E-state index is 0.0147. The number of benzene rings is 1. The highest BCUT2D eigenvalue weighted by molar-refractivity contribution is 6.01. The molecule has 0 aliphatic carbocycles. The van der Waals surface area contributed by atoms with E-state index in [-0.39, 0.29) is 106 Å². The zero-order chi connectivity index (χ0) is 85.2. The lowest BCUT2D eigenvalue weighted by atomic mass is 9.96. The van der Waals surface area contributed by atoms with Gasteiger partial charge in [0.2, 0.25) is 76.8 Å². The van der Waals surface area contributed by atoms with Crippen LogP contribution in [-0.4, -0.2) is 254 Å². The fourth-order valence-electron chi connectivity index (χ4n) is 10.3. The number of aliphatic hydroxyl groups is 1. The van der Waals surface area contributed by atoms with Crippen molar-refractivity contribution >= 4 is 119 Å². The number of aromatic hydroxyl groups is 1. The van der Waals surface area contributed by atoms with Crippen LogP contribution < -0.4 is 110 Å². The number of nitrogens with zero attached hydrogens (tertiary/aromatic N) is 3. The molecule has 626 valence electrons. The quantitative estimate of drug-likeness (QED) is 0.0164. The van der Waals surface area contributed by atoms with Crippen LogP contribution in [0, 0.1) is 11.8 Å². The summed E-state index contributed by atoms with van der Waals surface area (Å²) < 4.78 is 0. The molecule has 1 rings (SSSR count). The number of primary amides is 1. The topological polar surface area (TPSA) is 801 Å². The maximum atomic E-state index is 14.4. The molecule has 0 saturated carbocycles. The van der Waals surface area contributed by atoms with E-state index in [1.165, 1.54) is 31.2 Å². The van der Waals surface area contributed by atoms with Crippen LogP contribution in [-0.2, 0) is 87.9 Å². The van der Waals surface area contributed by atoms with Crippen LogP contribution in [0.1, 0.15) is 137 Å². The molecule has 0 heterocycles. The summed E-state index contributed by atoms with van der Waals surface area (Å²) >= 11 is 0. The van der Waals surface area contributed by atoms with Crippen LogP contribution >= 0.6 is 0 Å². The first-order valence-corrected chi connectivity index (χ1v) is 35.5. The molecule has 34 N–H and O–H groups in total. The van der Waals surface area contributed by atoms with Gasteiger partial charge in [0.15, 0.2) is 17.9 Å². The van der Waals surface area contributed by atoms with E-state index >= 15 is 0 Å². The van der Waals surface area contributed by atoms with Crippen molar-refractivity contribution in [1.29, 1.82) is 0 Å². The highest BCUT2D eigenvalue weighted by Gasteiger charge is 2.39. The first-order valence-electron chi connectivity index (χ1n) is 35.5. The van der Waals surface area contributed by atoms with E-state index in [1.807, 2.05) is 5.32 Å². The maximum Gasteiger partial charge on any atom is 0.322 e. The van der Waals surface area contributed by atoms with Crippen molar-refractivity contribution in [3.63, 3.8) is 0 Å². The third kappa shape index (κ3) is 39.7. The number of nitrogens with one attached hydrogen (secondary N) is 12. The first-order chi connectivity index (χ1) is 52.3. The van der Waals surface area contributed by atoms with Crippen LogP contribution in [0.2, 0.25) is 0 Å². The number of carboxylic acids is 4. The van der Waals surface area contributed by atoms with Crippen molar-refractivity contribution in [2.24, 2.45) is 72.7 Å². The van der Waals surface area contributed by atoms with Crippen molar-refractivity contribution in [2.75, 3.05) is 26.2 Å². The second-order valence-corrected chi connectivity index (χ2v) is 26.5. The van der Waals surface area contributed by atoms with Gasteiger partial charge >= 0.3 is 23.9 Å². The highest BCUT2D eigenvalue weighted by atomic mass is 16.4. The predicted molar refractivity (Wildman–Crippen MR) is 397 cm³/mol. The molecule has 0 spiro atoms. The molecule has 0 fully saturated rings. The molecule has 112 heavy (non-hydrogen) atoms. The average molecular weight is 1590 g/mol. The summed E-state index contributed by atoms with van der Waals surface area (Å²) in [7, 11) is 0. The number of phenolic OH excluding ortho intramolecular Hbond substituents is 1. The lowest BCUT2D eigenvalue weighted by molar-refractivity contribution is -0.142. The van der Waals surface area contributed by atoms with E-state index in [0.29, 0.717) is 0 Å². The number of nitrogens with two attached hydrogens (primary N) is 8. The zero-order valence-corrected chi connectivity index (χ0v) is 63.0. The van der Waals surface area contributed by atoms with Gasteiger partial charge in [0.1, 0.15) is 78.8 Å². The molecule has 14 atom stereocenters. The third-order valence-corrected chi connectivity index (χ3v) is 16.4. The van der Waals surface area contributed by atoms with E-state index in [0.717, 1.165) is 13.8 Å². The number of aliphatic hydroxyl groups excluding tert-OH is 1. The number of carbonyl (C=O) groups is 17. The summed E-state index contributed by atoms with van der Waals surface area (Å²) in [6, 6.07) is -15.9. The number of aliphatic carboxylic acids is 4. The van der Waals surface area contributed by atoms with Crippen molar-refractivity contribution in [3.05, 3.63) is 29.8 Å². The van der Waals surface area contributed by atoms with Gasteiger partial charge in [0.25, 0.3) is 0 Å². The molecule has 0 aliphatic heterocycles. The fourth-order valence-corrected chi connectivity index (χ4v) is 10.3. The summed E-state index contributed by atoms with van der Waals surface area (Å²) in [4.78, 5) is 240. The Morgan fingerprint density at radius 2 is 0.777 bits per heavy atom. The van der Waals surface area contributed by atoms with Gasteiger partial charge in [-0.2, -0.15) is 0 Å². The number of amides is 13. The molecule has 1 aromatic rings. The van der Waals surface area contributed by atoms with E-state index < -0.39 is 237 Å². The van der Waals surface area contributed by atoms with E-state index in [9.17, 15) is 107 Å². The lowest BCUT2D eigenvalue weighted by Crippen LogP contribution is -2.62. The van der Waals surface area contributed by atoms with Gasteiger partial charge in [-0.1, -0.05) is 46.2 Å². The molecule has 0 saturated heterocycles. The molecule has 13 amide bonds. The Morgan fingerprint density at radius 3 is 1.21 bits per heavy atom. The molecule has 0 unspecified atom stereocenters. The number of hydrogen-bond acceptors (Lipinski definition) is 23. The van der Waals surface area contributed by atoms with Crippen molar-refractivity contribution in [1.82, 2.24) is 63.8 Å². The Labute approximate surface area is 643 Å². The van der Waals surface area contributed by atoms with Crippen molar-refractivity contribution in [3.8, 4) is 5.75 Å². The molecular formula is C66H109N23O23. The number of rotatable bonds is 54. The molecule has 0 aromatic heterocycles. The summed E-state index contributed by atoms with van der Waals surface area (Å²) in [6.45, 7) is 8.02. The largest absolute Gasteiger partial charge is 0.508 e. The minimum atomic E-state index is -2.29. The van der Waals surface area contributed by atoms with Gasteiger partial charge in [0.05, 0.1) is 25.0 Å². The first kappa shape index (κ1) is 97.8. The Hall–Kier alpha value is -12.3. The summed E-state index contributed by atoms with van der Waals surface area (Å²) in [5.41, 5.74) is 44.2. The molecule has 0 bridgehead atoms. The molecule has 0 aliphatic rings. The van der Waals surface area contributed by atoms with Gasteiger partial charge in [-0.25, -0.2) is 0 Å². The third-order valence-electron chi connectivity index (χ3n) is 16.4. The van der Waals surface area contributed by atoms with Gasteiger partial charge in [-0.3, -0.25) is 96.5 Å². The van der Waals surface area contributed by atoms with Gasteiger partial charge in [0, 0.05) is 38.9 Å². The van der Waals surface area contributed by atoms with E-state index in [2.05, 4.69) is 73.5 Å². The number of guanidine groups is 3. The van der Waals surface area contributed by atoms with Crippen LogP contribution in [0.3, 0.4) is 0 Å². The summed E-state index contributed by atoms with van der Waals surface area (Å²) in [5.74, 6) is -23.9. The average Bonchev–Trinajstić information content (AvgIpc) is 0.845. The number of carbonyl (C=O) groups excluding carboxylic acids is 13. The van der Waals surface area contributed by atoms with Crippen molar-refractivity contribution in [2.45, 2.75) is 216 Å². The SMILES string of the molecule is CC[C@H](C)[C@H](NC(=O)[C@H](CC(C)C)NC(=O)[C@H](CCCN=C(N)N)NC(=O)[C@@H](N)CCCN=C(N)N)C(=O)N[C@@H](CCC(=O)O)C(=O)N[C@@H](CC(=O)O)C(=O)N[C@@H](CC(N)=O)C(=O)N[C@@H](CCC(=O)O)C(=O)N[C@@H](Cc1ccc(O)cc1)C(=O)N[C@H](C(=O)N[C@@H](C)C(=O)N[C@@H](CCCN=C(N)N)C(=O)NCC(=O)O)[C@@H](C)O. The van der Waals surface area contributed by atoms with Gasteiger partial charge in [-0.05, 0) is 101 Å². The van der Waals surface area contributed by atoms with Gasteiger partial charge in [-0.15, -0.1) is 0 Å². The fraction of sp³-hybridized carbons (Fsp3) is 0.606. The zero-order valence-electron chi connectivity index (χ0n) is 63.0. The number of aliphatic imine (C=N–C) groups is 3. The summed E-state index contributed by atoms with van der Waals surface area (Å²) in [5, 5.41) is 87.1. The number of carboxylic acid groups (broad SMARTS) is 4. The maximum absolute atomic E-state index is 14.4. The van der Waals surface area contributed by atoms with Crippen LogP contribution in [0.4, 0.5) is 0 Å². The van der Waals surface area contributed by atoms with Crippen LogP contribution in [0.15, 0.2) is 39.2 Å². The summed E-state index contributed by atoms with van der Waals surface area (Å²) in [6.07, 6.45) is -7.79. The second-order valence-electron chi connectivity index (χ2n) is 26.5. The van der Waals surface area contributed by atoms with Crippen LogP contribution in [0.25, 0.3) is 0 Å². The lowest BCUT2D eigenvalue weighted by Gasteiger charge is -2.30. The number of hydrogen-bond donors (Lipinski definition) is 26. The highest BCUT2D eigenvalue weighted by Crippen LogP contribution is 2.16. The normalized spacial score (nSPS) is 14.7. The smallest absolute Gasteiger partial charge is 0.322 e. The predicted octanol–water partition coefficient (Wildman–Crippen LogP) is -9.47. The van der Waals surface area contributed by atoms with E-state index in [4.69, 9.17) is 51.0 Å². The molecular weight excluding hydrogens is 1480 g/mol. The Kier molecular flexibility index (Phi) is 44.0. The standard InChI is InChI=1S/C66H109N23O23/c1-7-31(4)50(88-60(109)41(25-30(2)3)84-55(104)38(13-10-24-77-66(73)74)81-53(102)36(67)11-8-22-75-64(69)70)62(111)83-40(19-21-47(95)96)57(106)87-44(28-48(97)98)59(108)86-43(27-45(68)92)58(107)82-39(18-20-46(93)94)56(105)85-42(26-34-14-16-35(91)17-15-34)61(110)89-51(33(6)90)63(112)79-32(5)52(101)80-37(12-9-23-76-65(71)72)54(103)78-29-49(99)100/h14-17,30-33,36-44,50-51,90-91H,7-13,18-29,67H2,1-6H3,(H2,68,92)(H,78,103)(H,79,112)(H,80,101)(H,81,102)(H,82,107)(H,83,111)(H,84,104)(H,85,105)(H,86,108)(H,87,106)(H,88,109)(H,89,110)(H,93,94)(H,95,96)(H,97,98)(H,99,100)(H4,69,70,75)(H4,71,72,76)(H4,73,74,77)/t31-,32-,33+,36-,37-,38-,39-,40-,41-,42-,43-,44-,50-,51-/m0/s1. The number of phenols is 1. The second kappa shape index (κ2) is 50.4. The Balaban J connectivity index is 3.74. The monoisotopic (exact) mass is 1590 g/mol. The molecule has 0 radical (unpaired) electrons. The Morgan fingerprint density at radius 1 is 0.402 bits per heavy atom. The van der Waals surface area contributed by atoms with Crippen molar-refractivity contribution < 1.29 is 112 Å². The molecule has 1 aromatic carbocycles. The molecule has 46 heteroatoms. The Bertz CT molecular complexity index is 3510.